The van der Waals surface area contributed by atoms with Crippen LogP contribution in [0.25, 0.3) is 0 Å². The highest BCUT2D eigenvalue weighted by atomic mass is 16.3. The molecule has 1 heterocycles. The second-order valence-electron chi connectivity index (χ2n) is 4.87. The number of amides is 1. The molecule has 0 spiro atoms. The number of hydrogen-bond acceptors (Lipinski definition) is 3. The van der Waals surface area contributed by atoms with Crippen LogP contribution in [0.1, 0.15) is 35.8 Å². The van der Waals surface area contributed by atoms with E-state index in [-0.39, 0.29) is 11.9 Å². The zero-order valence-corrected chi connectivity index (χ0v) is 12.6. The van der Waals surface area contributed by atoms with E-state index in [1.807, 2.05) is 18.2 Å². The molecule has 0 aliphatic carbocycles. The topological polar surface area (TPSA) is 45.5 Å². The van der Waals surface area contributed by atoms with Gasteiger partial charge in [0.2, 0.25) is 0 Å². The molecule has 0 radical (unpaired) electrons. The van der Waals surface area contributed by atoms with E-state index in [1.54, 1.807) is 6.07 Å². The Morgan fingerprint density at radius 3 is 2.48 bits per heavy atom. The van der Waals surface area contributed by atoms with E-state index in [0.717, 1.165) is 13.1 Å². The van der Waals surface area contributed by atoms with Gasteiger partial charge in [0.05, 0.1) is 17.9 Å². The number of furan rings is 1. The normalized spacial score (nSPS) is 12.3. The number of carbonyl (C=O) groups excluding carboxylic acids is 1. The van der Waals surface area contributed by atoms with Crippen LogP contribution >= 0.6 is 0 Å². The highest BCUT2D eigenvalue weighted by Crippen LogP contribution is 2.19. The first kappa shape index (κ1) is 15.3. The second-order valence-corrected chi connectivity index (χ2v) is 4.87. The maximum absolute atomic E-state index is 12.1. The van der Waals surface area contributed by atoms with Gasteiger partial charge in [-0.2, -0.15) is 0 Å². The molecule has 21 heavy (non-hydrogen) atoms. The van der Waals surface area contributed by atoms with E-state index in [2.05, 4.69) is 36.2 Å². The Labute approximate surface area is 125 Å². The summed E-state index contributed by atoms with van der Waals surface area (Å²) in [7, 11) is 0. The first-order chi connectivity index (χ1) is 10.3. The van der Waals surface area contributed by atoms with Crippen LogP contribution in [0.3, 0.4) is 0 Å². The average molecular weight is 286 g/mol. The molecule has 1 aromatic heterocycles. The SMILES string of the molecule is CCN(CC)[C@H](CNC(=O)c1ccoc1)c1ccccc1. The fourth-order valence-corrected chi connectivity index (χ4v) is 2.48. The smallest absolute Gasteiger partial charge is 0.254 e. The van der Waals surface area contributed by atoms with E-state index in [9.17, 15) is 4.79 Å². The number of hydrogen-bond donors (Lipinski definition) is 1. The molecule has 0 aliphatic rings. The van der Waals surface area contributed by atoms with Gasteiger partial charge in [-0.3, -0.25) is 9.69 Å². The third-order valence-corrected chi connectivity index (χ3v) is 3.68. The predicted molar refractivity (Wildman–Crippen MR) is 83.1 cm³/mol. The minimum atomic E-state index is -0.100. The predicted octanol–water partition coefficient (Wildman–Crippen LogP) is 3.09. The molecule has 1 amide bonds. The lowest BCUT2D eigenvalue weighted by Crippen LogP contribution is -2.38. The van der Waals surface area contributed by atoms with Crippen LogP contribution in [0.5, 0.6) is 0 Å². The third kappa shape index (κ3) is 3.95. The van der Waals surface area contributed by atoms with Gasteiger partial charge >= 0.3 is 0 Å². The zero-order chi connectivity index (χ0) is 15.1. The molecule has 0 saturated carbocycles. The molecule has 2 rings (SSSR count). The van der Waals surface area contributed by atoms with Crippen molar-refractivity contribution in [3.05, 3.63) is 60.1 Å². The molecule has 112 valence electrons. The Morgan fingerprint density at radius 2 is 1.90 bits per heavy atom. The van der Waals surface area contributed by atoms with Gasteiger partial charge in [0.1, 0.15) is 6.26 Å². The standard InChI is InChI=1S/C17H22N2O2/c1-3-19(4-2)16(14-8-6-5-7-9-14)12-18-17(20)15-10-11-21-13-15/h5-11,13,16H,3-4,12H2,1-2H3,(H,18,20)/t16-/m1/s1. The van der Waals surface area contributed by atoms with Gasteiger partial charge in [-0.25, -0.2) is 0 Å². The number of likely N-dealkylation sites (N-methyl/N-ethyl adjacent to an activating group) is 1. The van der Waals surface area contributed by atoms with Crippen molar-refractivity contribution in [2.75, 3.05) is 19.6 Å². The first-order valence-corrected chi connectivity index (χ1v) is 7.35. The van der Waals surface area contributed by atoms with Gasteiger partial charge in [-0.15, -0.1) is 0 Å². The highest BCUT2D eigenvalue weighted by molar-refractivity contribution is 5.93. The van der Waals surface area contributed by atoms with Gasteiger partial charge in [0, 0.05) is 6.54 Å². The molecule has 1 atom stereocenters. The second kappa shape index (κ2) is 7.64. The van der Waals surface area contributed by atoms with Crippen molar-refractivity contribution in [1.29, 1.82) is 0 Å². The molecule has 0 saturated heterocycles. The fraction of sp³-hybridized carbons (Fsp3) is 0.353. The van der Waals surface area contributed by atoms with Crippen molar-refractivity contribution in [2.24, 2.45) is 0 Å². The summed E-state index contributed by atoms with van der Waals surface area (Å²) in [5.74, 6) is -0.100. The summed E-state index contributed by atoms with van der Waals surface area (Å²) in [5.41, 5.74) is 1.77. The quantitative estimate of drug-likeness (QED) is 0.850. The number of carbonyl (C=O) groups is 1. The number of rotatable bonds is 7. The fourth-order valence-electron chi connectivity index (χ4n) is 2.48. The van der Waals surface area contributed by atoms with Crippen LogP contribution in [-0.2, 0) is 0 Å². The molecule has 0 bridgehead atoms. The van der Waals surface area contributed by atoms with E-state index in [0.29, 0.717) is 12.1 Å². The Morgan fingerprint density at radius 1 is 1.19 bits per heavy atom. The van der Waals surface area contributed by atoms with Gasteiger partial charge < -0.3 is 9.73 Å². The van der Waals surface area contributed by atoms with Crippen molar-refractivity contribution < 1.29 is 9.21 Å². The highest BCUT2D eigenvalue weighted by Gasteiger charge is 2.19. The number of nitrogens with one attached hydrogen (secondary N) is 1. The molecule has 4 nitrogen and oxygen atoms in total. The van der Waals surface area contributed by atoms with Crippen molar-refractivity contribution in [3.8, 4) is 0 Å². The van der Waals surface area contributed by atoms with Crippen LogP contribution in [0, 0.1) is 0 Å². The summed E-state index contributed by atoms with van der Waals surface area (Å²) in [5, 5.41) is 2.99. The van der Waals surface area contributed by atoms with Gasteiger partial charge in [-0.1, -0.05) is 44.2 Å². The molecule has 0 unspecified atom stereocenters. The summed E-state index contributed by atoms with van der Waals surface area (Å²) >= 11 is 0. The molecule has 1 aromatic carbocycles. The molecular formula is C17H22N2O2. The lowest BCUT2D eigenvalue weighted by atomic mass is 10.0. The maximum Gasteiger partial charge on any atom is 0.254 e. The first-order valence-electron chi connectivity index (χ1n) is 7.35. The molecule has 0 aliphatic heterocycles. The molecule has 0 fully saturated rings. The summed E-state index contributed by atoms with van der Waals surface area (Å²) in [6.45, 7) is 6.74. The Hall–Kier alpha value is -2.07. The van der Waals surface area contributed by atoms with Crippen LogP contribution in [0.4, 0.5) is 0 Å². The van der Waals surface area contributed by atoms with Crippen molar-refractivity contribution in [1.82, 2.24) is 10.2 Å². The lowest BCUT2D eigenvalue weighted by molar-refractivity contribution is 0.0934. The largest absolute Gasteiger partial charge is 0.472 e. The number of nitrogens with zero attached hydrogens (tertiary/aromatic N) is 1. The Bertz CT molecular complexity index is 533. The zero-order valence-electron chi connectivity index (χ0n) is 12.6. The van der Waals surface area contributed by atoms with Gasteiger partial charge in [0.15, 0.2) is 0 Å². The average Bonchev–Trinajstić information content (AvgIpc) is 3.06. The summed E-state index contributed by atoms with van der Waals surface area (Å²) in [6.07, 6.45) is 2.97. The van der Waals surface area contributed by atoms with Crippen molar-refractivity contribution in [3.63, 3.8) is 0 Å². The molecular weight excluding hydrogens is 264 g/mol. The van der Waals surface area contributed by atoms with E-state index in [1.165, 1.54) is 18.1 Å². The van der Waals surface area contributed by atoms with E-state index < -0.39 is 0 Å². The third-order valence-electron chi connectivity index (χ3n) is 3.68. The Balaban J connectivity index is 2.08. The molecule has 4 heteroatoms. The van der Waals surface area contributed by atoms with Crippen LogP contribution in [0.15, 0.2) is 53.3 Å². The minimum absolute atomic E-state index is 0.100. The maximum atomic E-state index is 12.1. The van der Waals surface area contributed by atoms with Crippen LogP contribution < -0.4 is 5.32 Å². The monoisotopic (exact) mass is 286 g/mol. The summed E-state index contributed by atoms with van der Waals surface area (Å²) in [4.78, 5) is 14.4. The minimum Gasteiger partial charge on any atom is -0.472 e. The van der Waals surface area contributed by atoms with Crippen LogP contribution in [0.2, 0.25) is 0 Å². The van der Waals surface area contributed by atoms with Gasteiger partial charge in [-0.05, 0) is 24.7 Å². The number of benzene rings is 1. The summed E-state index contributed by atoms with van der Waals surface area (Å²) < 4.78 is 4.95. The van der Waals surface area contributed by atoms with Crippen LogP contribution in [-0.4, -0.2) is 30.4 Å². The van der Waals surface area contributed by atoms with E-state index >= 15 is 0 Å². The molecule has 2 aromatic rings. The summed E-state index contributed by atoms with van der Waals surface area (Å²) in [6, 6.07) is 12.1. The van der Waals surface area contributed by atoms with Crippen molar-refractivity contribution >= 4 is 5.91 Å². The van der Waals surface area contributed by atoms with E-state index in [4.69, 9.17) is 4.42 Å². The molecule has 1 N–H and O–H groups in total. The van der Waals surface area contributed by atoms with Gasteiger partial charge in [0.25, 0.3) is 5.91 Å². The lowest BCUT2D eigenvalue weighted by Gasteiger charge is -2.30. The van der Waals surface area contributed by atoms with Crippen molar-refractivity contribution in [2.45, 2.75) is 19.9 Å². The Kier molecular flexibility index (Phi) is 5.58.